The summed E-state index contributed by atoms with van der Waals surface area (Å²) >= 11 is 0. The fraction of sp³-hybridized carbons (Fsp3) is 0.385. The van der Waals surface area contributed by atoms with Crippen molar-refractivity contribution in [2.45, 2.75) is 32.6 Å². The van der Waals surface area contributed by atoms with Crippen molar-refractivity contribution in [1.82, 2.24) is 0 Å². The average molecular weight is 172 g/mol. The lowest BCUT2D eigenvalue weighted by Crippen LogP contribution is -1.86. The molecule has 0 saturated heterocycles. The first-order valence-electron chi connectivity index (χ1n) is 5.11. The number of allylic oxidation sites excluding steroid dienone is 1. The molecule has 0 unspecified atom stereocenters. The summed E-state index contributed by atoms with van der Waals surface area (Å²) in [6, 6.07) is 6.82. The van der Waals surface area contributed by atoms with Gasteiger partial charge in [-0.15, -0.1) is 0 Å². The van der Waals surface area contributed by atoms with Crippen molar-refractivity contribution >= 4 is 5.57 Å². The second-order valence-corrected chi connectivity index (χ2v) is 3.79. The first-order chi connectivity index (χ1) is 6.31. The highest BCUT2D eigenvalue weighted by molar-refractivity contribution is 5.64. The summed E-state index contributed by atoms with van der Waals surface area (Å²) in [6.07, 6.45) is 4.92. The second kappa shape index (κ2) is 3.37. The monoisotopic (exact) mass is 172 g/mol. The lowest BCUT2D eigenvalue weighted by atomic mass is 10.0. The van der Waals surface area contributed by atoms with E-state index in [1.165, 1.54) is 30.4 Å². The predicted molar refractivity (Wildman–Crippen MR) is 57.8 cm³/mol. The quantitative estimate of drug-likeness (QED) is 0.639. The molecule has 0 aromatic heterocycles. The van der Waals surface area contributed by atoms with E-state index in [2.05, 4.69) is 31.7 Å². The molecule has 0 amide bonds. The van der Waals surface area contributed by atoms with E-state index >= 15 is 0 Å². The summed E-state index contributed by atoms with van der Waals surface area (Å²) in [5.41, 5.74) is 5.69. The first kappa shape index (κ1) is 8.55. The molecule has 0 atom stereocenters. The Morgan fingerprint density at radius 1 is 1.31 bits per heavy atom. The number of rotatable bonds is 2. The normalized spacial score (nSPS) is 14.2. The molecule has 0 bridgehead atoms. The molecular weight excluding hydrogens is 156 g/mol. The third-order valence-corrected chi connectivity index (χ3v) is 2.93. The number of aryl methyl sites for hydroxylation is 2. The lowest BCUT2D eigenvalue weighted by molar-refractivity contribution is 0.911. The lowest BCUT2D eigenvalue weighted by Gasteiger charge is -2.05. The Morgan fingerprint density at radius 3 is 2.85 bits per heavy atom. The molecule has 1 aliphatic rings. The predicted octanol–water partition coefficient (Wildman–Crippen LogP) is 3.60. The van der Waals surface area contributed by atoms with Gasteiger partial charge < -0.3 is 0 Å². The van der Waals surface area contributed by atoms with Crippen molar-refractivity contribution < 1.29 is 0 Å². The maximum atomic E-state index is 4.07. The van der Waals surface area contributed by atoms with E-state index < -0.39 is 0 Å². The number of hydrogen-bond donors (Lipinski definition) is 0. The van der Waals surface area contributed by atoms with Gasteiger partial charge in [-0.05, 0) is 47.9 Å². The highest BCUT2D eigenvalue weighted by Gasteiger charge is 2.10. The minimum Gasteiger partial charge on any atom is -0.0952 e. The van der Waals surface area contributed by atoms with Crippen LogP contribution >= 0.6 is 0 Å². The molecule has 2 rings (SSSR count). The van der Waals surface area contributed by atoms with E-state index in [0.29, 0.717) is 0 Å². The Bertz CT molecular complexity index is 334. The molecule has 68 valence electrons. The Labute approximate surface area is 80.3 Å². The molecule has 0 nitrogen and oxygen atoms in total. The molecule has 0 aliphatic heterocycles. The van der Waals surface area contributed by atoms with Gasteiger partial charge in [0.15, 0.2) is 0 Å². The Morgan fingerprint density at radius 2 is 2.08 bits per heavy atom. The molecule has 0 heteroatoms. The zero-order valence-electron chi connectivity index (χ0n) is 8.27. The van der Waals surface area contributed by atoms with Crippen LogP contribution in [0.1, 0.15) is 36.5 Å². The maximum absolute atomic E-state index is 4.07. The van der Waals surface area contributed by atoms with Crippen LogP contribution in [-0.2, 0) is 12.8 Å². The summed E-state index contributed by atoms with van der Waals surface area (Å²) in [4.78, 5) is 0. The van der Waals surface area contributed by atoms with E-state index in [1.54, 1.807) is 11.1 Å². The van der Waals surface area contributed by atoms with Crippen LogP contribution in [0.25, 0.3) is 5.57 Å². The standard InChI is InChI=1S/C13H16/c1-3-10(2)12-8-7-11-5-4-6-13(11)9-12/h7-9H,2-6H2,1H3. The Hall–Kier alpha value is -1.04. The molecule has 0 fully saturated rings. The third-order valence-electron chi connectivity index (χ3n) is 2.93. The Kier molecular flexibility index (Phi) is 2.22. The maximum Gasteiger partial charge on any atom is -0.0228 e. The van der Waals surface area contributed by atoms with E-state index in [0.717, 1.165) is 6.42 Å². The van der Waals surface area contributed by atoms with Gasteiger partial charge in [0.2, 0.25) is 0 Å². The van der Waals surface area contributed by atoms with E-state index in [-0.39, 0.29) is 0 Å². The van der Waals surface area contributed by atoms with Gasteiger partial charge in [-0.25, -0.2) is 0 Å². The van der Waals surface area contributed by atoms with Crippen molar-refractivity contribution in [2.24, 2.45) is 0 Å². The van der Waals surface area contributed by atoms with Crippen molar-refractivity contribution in [2.75, 3.05) is 0 Å². The second-order valence-electron chi connectivity index (χ2n) is 3.79. The van der Waals surface area contributed by atoms with Gasteiger partial charge in [-0.1, -0.05) is 31.7 Å². The third kappa shape index (κ3) is 1.53. The van der Waals surface area contributed by atoms with E-state index in [1.807, 2.05) is 0 Å². The fourth-order valence-electron chi connectivity index (χ4n) is 2.00. The summed E-state index contributed by atoms with van der Waals surface area (Å²) in [7, 11) is 0. The fourth-order valence-corrected chi connectivity index (χ4v) is 2.00. The highest BCUT2D eigenvalue weighted by Crippen LogP contribution is 2.26. The van der Waals surface area contributed by atoms with Gasteiger partial charge in [0.25, 0.3) is 0 Å². The van der Waals surface area contributed by atoms with E-state index in [4.69, 9.17) is 0 Å². The zero-order valence-corrected chi connectivity index (χ0v) is 8.27. The van der Waals surface area contributed by atoms with Crippen LogP contribution in [0.15, 0.2) is 24.8 Å². The smallest absolute Gasteiger partial charge is 0.0228 e. The summed E-state index contributed by atoms with van der Waals surface area (Å²) in [5.74, 6) is 0. The SMILES string of the molecule is C=C(CC)c1ccc2c(c1)CCC2. The summed E-state index contributed by atoms with van der Waals surface area (Å²) < 4.78 is 0. The first-order valence-corrected chi connectivity index (χ1v) is 5.11. The molecule has 13 heavy (non-hydrogen) atoms. The van der Waals surface area contributed by atoms with Crippen molar-refractivity contribution in [3.63, 3.8) is 0 Å². The van der Waals surface area contributed by atoms with Gasteiger partial charge >= 0.3 is 0 Å². The molecule has 0 saturated carbocycles. The number of benzene rings is 1. The van der Waals surface area contributed by atoms with Crippen LogP contribution < -0.4 is 0 Å². The molecule has 1 aromatic rings. The zero-order chi connectivity index (χ0) is 9.26. The Balaban J connectivity index is 2.36. The van der Waals surface area contributed by atoms with Crippen molar-refractivity contribution in [3.8, 4) is 0 Å². The van der Waals surface area contributed by atoms with Gasteiger partial charge in [0.05, 0.1) is 0 Å². The number of hydrogen-bond acceptors (Lipinski definition) is 0. The topological polar surface area (TPSA) is 0 Å². The molecule has 0 spiro atoms. The van der Waals surface area contributed by atoms with Crippen LogP contribution in [0, 0.1) is 0 Å². The van der Waals surface area contributed by atoms with Crippen molar-refractivity contribution in [3.05, 3.63) is 41.5 Å². The molecule has 0 heterocycles. The van der Waals surface area contributed by atoms with Crippen LogP contribution in [0.2, 0.25) is 0 Å². The van der Waals surface area contributed by atoms with Gasteiger partial charge in [-0.3, -0.25) is 0 Å². The number of fused-ring (bicyclic) bond motifs is 1. The summed E-state index contributed by atoms with van der Waals surface area (Å²) in [5, 5.41) is 0. The molecule has 0 radical (unpaired) electrons. The minimum atomic E-state index is 1.05. The minimum absolute atomic E-state index is 1.05. The van der Waals surface area contributed by atoms with Crippen LogP contribution in [-0.4, -0.2) is 0 Å². The molecule has 1 aliphatic carbocycles. The molecular formula is C13H16. The van der Waals surface area contributed by atoms with Crippen LogP contribution in [0.3, 0.4) is 0 Å². The summed E-state index contributed by atoms with van der Waals surface area (Å²) in [6.45, 7) is 6.23. The van der Waals surface area contributed by atoms with E-state index in [9.17, 15) is 0 Å². The molecule has 0 N–H and O–H groups in total. The van der Waals surface area contributed by atoms with Gasteiger partial charge in [-0.2, -0.15) is 0 Å². The van der Waals surface area contributed by atoms with Crippen molar-refractivity contribution in [1.29, 1.82) is 0 Å². The molecule has 1 aromatic carbocycles. The van der Waals surface area contributed by atoms with Gasteiger partial charge in [0, 0.05) is 0 Å². The average Bonchev–Trinajstić information content (AvgIpc) is 2.63. The van der Waals surface area contributed by atoms with Crippen LogP contribution in [0.5, 0.6) is 0 Å². The van der Waals surface area contributed by atoms with Crippen LogP contribution in [0.4, 0.5) is 0 Å². The highest BCUT2D eigenvalue weighted by atomic mass is 14.2. The largest absolute Gasteiger partial charge is 0.0952 e. The van der Waals surface area contributed by atoms with Gasteiger partial charge in [0.1, 0.15) is 0 Å².